The Bertz CT molecular complexity index is 450. The molecule has 0 spiro atoms. The summed E-state index contributed by atoms with van der Waals surface area (Å²) in [4.78, 5) is 14.5. The van der Waals surface area contributed by atoms with Crippen molar-refractivity contribution in [3.05, 3.63) is 29.8 Å². The first-order chi connectivity index (χ1) is 9.24. The third-order valence-corrected chi connectivity index (χ3v) is 3.83. The van der Waals surface area contributed by atoms with Crippen LogP contribution in [0.2, 0.25) is 0 Å². The van der Waals surface area contributed by atoms with Crippen LogP contribution in [0.25, 0.3) is 0 Å². The highest BCUT2D eigenvalue weighted by atomic mass is 16.5. The van der Waals surface area contributed by atoms with Crippen molar-refractivity contribution < 1.29 is 9.53 Å². The number of fused-ring (bicyclic) bond motifs is 1. The molecule has 0 aliphatic carbocycles. The molecule has 0 radical (unpaired) electrons. The fourth-order valence-electron chi connectivity index (χ4n) is 2.86. The van der Waals surface area contributed by atoms with Crippen molar-refractivity contribution in [1.29, 1.82) is 0 Å². The van der Waals surface area contributed by atoms with Gasteiger partial charge in [-0.25, -0.2) is 0 Å². The van der Waals surface area contributed by atoms with Crippen molar-refractivity contribution in [2.75, 3.05) is 25.0 Å². The minimum atomic E-state index is -0.109. The molecule has 0 aromatic heterocycles. The number of rotatable bonds is 1. The zero-order chi connectivity index (χ0) is 13.2. The summed E-state index contributed by atoms with van der Waals surface area (Å²) in [5.74, 6) is 0.202. The predicted molar refractivity (Wildman–Crippen MR) is 74.2 cm³/mol. The molecule has 4 nitrogen and oxygen atoms in total. The number of nitrogens with zero attached hydrogens (tertiary/aromatic N) is 1. The number of amides is 1. The summed E-state index contributed by atoms with van der Waals surface area (Å²) in [6, 6.07) is 8.04. The van der Waals surface area contributed by atoms with E-state index in [1.165, 1.54) is 5.56 Å². The Morgan fingerprint density at radius 2 is 2.26 bits per heavy atom. The number of hydrogen-bond donors (Lipinski definition) is 1. The fraction of sp³-hybridized carbons (Fsp3) is 0.533. The van der Waals surface area contributed by atoms with Gasteiger partial charge in [0.2, 0.25) is 5.91 Å². The maximum atomic E-state index is 12.6. The Labute approximate surface area is 113 Å². The second kappa shape index (κ2) is 5.21. The Kier molecular flexibility index (Phi) is 3.42. The SMILES string of the molecule is C[C@@H]1CN(C(=O)[C@H]2Cc3ccccc3N2)CCCO1. The van der Waals surface area contributed by atoms with Crippen LogP contribution in [0.5, 0.6) is 0 Å². The third-order valence-electron chi connectivity index (χ3n) is 3.83. The summed E-state index contributed by atoms with van der Waals surface area (Å²) in [5, 5.41) is 3.33. The van der Waals surface area contributed by atoms with E-state index in [1.54, 1.807) is 0 Å². The van der Waals surface area contributed by atoms with Crippen molar-refractivity contribution in [3.8, 4) is 0 Å². The highest BCUT2D eigenvalue weighted by molar-refractivity contribution is 5.87. The zero-order valence-electron chi connectivity index (χ0n) is 11.3. The maximum absolute atomic E-state index is 12.6. The van der Waals surface area contributed by atoms with E-state index >= 15 is 0 Å². The largest absolute Gasteiger partial charge is 0.377 e. The molecule has 1 amide bonds. The van der Waals surface area contributed by atoms with Crippen LogP contribution >= 0.6 is 0 Å². The highest BCUT2D eigenvalue weighted by Crippen LogP contribution is 2.26. The maximum Gasteiger partial charge on any atom is 0.245 e. The summed E-state index contributed by atoms with van der Waals surface area (Å²) in [6.45, 7) is 4.29. The first-order valence-corrected chi connectivity index (χ1v) is 6.99. The first kappa shape index (κ1) is 12.5. The van der Waals surface area contributed by atoms with E-state index in [0.29, 0.717) is 6.54 Å². The zero-order valence-corrected chi connectivity index (χ0v) is 11.3. The van der Waals surface area contributed by atoms with Crippen molar-refractivity contribution in [2.24, 2.45) is 0 Å². The summed E-state index contributed by atoms with van der Waals surface area (Å²) < 4.78 is 5.59. The molecule has 2 aliphatic heterocycles. The monoisotopic (exact) mass is 260 g/mol. The van der Waals surface area contributed by atoms with Crippen LogP contribution in [0.3, 0.4) is 0 Å². The first-order valence-electron chi connectivity index (χ1n) is 6.99. The van der Waals surface area contributed by atoms with Crippen molar-refractivity contribution in [3.63, 3.8) is 0 Å². The summed E-state index contributed by atoms with van der Waals surface area (Å²) in [6.07, 6.45) is 1.85. The molecule has 0 bridgehead atoms. The van der Waals surface area contributed by atoms with Gasteiger partial charge in [-0.1, -0.05) is 18.2 Å². The molecule has 0 saturated carbocycles. The van der Waals surface area contributed by atoms with Gasteiger partial charge in [0.1, 0.15) is 6.04 Å². The molecule has 4 heteroatoms. The number of carbonyl (C=O) groups excluding carboxylic acids is 1. The van der Waals surface area contributed by atoms with E-state index in [4.69, 9.17) is 4.74 Å². The van der Waals surface area contributed by atoms with Crippen molar-refractivity contribution >= 4 is 11.6 Å². The van der Waals surface area contributed by atoms with E-state index in [-0.39, 0.29) is 18.1 Å². The molecule has 1 saturated heterocycles. The normalized spacial score (nSPS) is 26.5. The standard InChI is InChI=1S/C15H20N2O2/c1-11-10-17(7-4-8-19-11)15(18)14-9-12-5-2-3-6-13(12)16-14/h2-3,5-6,11,14,16H,4,7-10H2,1H3/t11-,14-/m1/s1. The lowest BCUT2D eigenvalue weighted by Crippen LogP contribution is -2.44. The molecule has 1 aromatic rings. The van der Waals surface area contributed by atoms with Gasteiger partial charge in [-0.15, -0.1) is 0 Å². The molecule has 2 aliphatic rings. The lowest BCUT2D eigenvalue weighted by atomic mass is 10.1. The van der Waals surface area contributed by atoms with Gasteiger partial charge in [0.05, 0.1) is 6.10 Å². The number of carbonyl (C=O) groups is 1. The molecule has 3 rings (SSSR count). The lowest BCUT2D eigenvalue weighted by molar-refractivity contribution is -0.132. The lowest BCUT2D eigenvalue weighted by Gasteiger charge is -2.25. The Hall–Kier alpha value is -1.55. The second-order valence-corrected chi connectivity index (χ2v) is 5.38. The minimum absolute atomic E-state index is 0.109. The topological polar surface area (TPSA) is 41.6 Å². The number of para-hydroxylation sites is 1. The number of anilines is 1. The van der Waals surface area contributed by atoms with Gasteiger partial charge in [-0.2, -0.15) is 0 Å². The number of benzene rings is 1. The van der Waals surface area contributed by atoms with Crippen LogP contribution in [0.15, 0.2) is 24.3 Å². The smallest absolute Gasteiger partial charge is 0.245 e. The van der Waals surface area contributed by atoms with E-state index in [0.717, 1.165) is 31.7 Å². The molecule has 19 heavy (non-hydrogen) atoms. The van der Waals surface area contributed by atoms with Crippen LogP contribution in [-0.4, -0.2) is 42.6 Å². The number of nitrogens with one attached hydrogen (secondary N) is 1. The third kappa shape index (κ3) is 2.59. The van der Waals surface area contributed by atoms with Crippen LogP contribution in [-0.2, 0) is 16.0 Å². The van der Waals surface area contributed by atoms with Crippen molar-refractivity contribution in [1.82, 2.24) is 4.90 Å². The van der Waals surface area contributed by atoms with Gasteiger partial charge >= 0.3 is 0 Å². The van der Waals surface area contributed by atoms with Gasteiger partial charge in [0.15, 0.2) is 0 Å². The molecule has 2 atom stereocenters. The molecule has 2 heterocycles. The second-order valence-electron chi connectivity index (χ2n) is 5.38. The van der Waals surface area contributed by atoms with Crippen molar-refractivity contribution in [2.45, 2.75) is 31.9 Å². The van der Waals surface area contributed by atoms with Gasteiger partial charge in [0.25, 0.3) is 0 Å². The van der Waals surface area contributed by atoms with E-state index in [2.05, 4.69) is 11.4 Å². The van der Waals surface area contributed by atoms with Crippen LogP contribution in [0.1, 0.15) is 18.9 Å². The van der Waals surface area contributed by atoms with Gasteiger partial charge in [0, 0.05) is 31.8 Å². The van der Waals surface area contributed by atoms with Gasteiger partial charge in [-0.3, -0.25) is 4.79 Å². The van der Waals surface area contributed by atoms with Crippen LogP contribution in [0, 0.1) is 0 Å². The van der Waals surface area contributed by atoms with Gasteiger partial charge in [-0.05, 0) is 25.0 Å². The average molecular weight is 260 g/mol. The van der Waals surface area contributed by atoms with Crippen LogP contribution < -0.4 is 5.32 Å². The number of hydrogen-bond acceptors (Lipinski definition) is 3. The molecule has 102 valence electrons. The molecule has 1 N–H and O–H groups in total. The van der Waals surface area contributed by atoms with E-state index in [9.17, 15) is 4.79 Å². The average Bonchev–Trinajstić information content (AvgIpc) is 2.73. The summed E-state index contributed by atoms with van der Waals surface area (Å²) >= 11 is 0. The molecule has 0 unspecified atom stereocenters. The summed E-state index contributed by atoms with van der Waals surface area (Å²) in [5.41, 5.74) is 2.33. The van der Waals surface area contributed by atoms with Gasteiger partial charge < -0.3 is 15.0 Å². The van der Waals surface area contributed by atoms with Crippen LogP contribution in [0.4, 0.5) is 5.69 Å². The molecular formula is C15H20N2O2. The minimum Gasteiger partial charge on any atom is -0.377 e. The summed E-state index contributed by atoms with van der Waals surface area (Å²) in [7, 11) is 0. The quantitative estimate of drug-likeness (QED) is 0.835. The number of ether oxygens (including phenoxy) is 1. The van der Waals surface area contributed by atoms with E-state index < -0.39 is 0 Å². The Morgan fingerprint density at radius 3 is 3.11 bits per heavy atom. The van der Waals surface area contributed by atoms with E-state index in [1.807, 2.05) is 30.0 Å². The Morgan fingerprint density at radius 1 is 1.42 bits per heavy atom. The fourth-order valence-corrected chi connectivity index (χ4v) is 2.86. The predicted octanol–water partition coefficient (Wildman–Crippen LogP) is 1.66. The molecule has 1 aromatic carbocycles. The molecular weight excluding hydrogens is 240 g/mol. The Balaban J connectivity index is 1.68. The highest BCUT2D eigenvalue weighted by Gasteiger charge is 2.31. The molecule has 1 fully saturated rings.